The molecule has 0 saturated heterocycles. The van der Waals surface area contributed by atoms with E-state index in [1.807, 2.05) is 25.1 Å². The molecule has 1 saturated carbocycles. The Hall–Kier alpha value is -1.64. The summed E-state index contributed by atoms with van der Waals surface area (Å²) in [7, 11) is 0. The SMILES string of the molecule is Cc1cccc(C(=O)C2CCCC2C(=O)O)c1. The van der Waals surface area contributed by atoms with Gasteiger partial charge in [-0.05, 0) is 25.8 Å². The van der Waals surface area contributed by atoms with Crippen molar-refractivity contribution in [3.63, 3.8) is 0 Å². The van der Waals surface area contributed by atoms with E-state index in [0.29, 0.717) is 18.4 Å². The largest absolute Gasteiger partial charge is 0.481 e. The number of carboxylic acid groups (broad SMARTS) is 1. The highest BCUT2D eigenvalue weighted by molar-refractivity contribution is 6.00. The lowest BCUT2D eigenvalue weighted by atomic mass is 9.88. The summed E-state index contributed by atoms with van der Waals surface area (Å²) >= 11 is 0. The summed E-state index contributed by atoms with van der Waals surface area (Å²) < 4.78 is 0. The van der Waals surface area contributed by atoms with Crippen molar-refractivity contribution in [2.45, 2.75) is 26.2 Å². The van der Waals surface area contributed by atoms with Crippen molar-refractivity contribution in [1.82, 2.24) is 0 Å². The molecule has 0 aliphatic heterocycles. The number of hydrogen-bond donors (Lipinski definition) is 1. The number of hydrogen-bond acceptors (Lipinski definition) is 2. The summed E-state index contributed by atoms with van der Waals surface area (Å²) in [5.74, 6) is -1.69. The molecule has 3 heteroatoms. The first kappa shape index (κ1) is 11.8. The molecule has 1 aliphatic rings. The van der Waals surface area contributed by atoms with Crippen LogP contribution in [0.4, 0.5) is 0 Å². The van der Waals surface area contributed by atoms with Crippen molar-refractivity contribution in [2.24, 2.45) is 11.8 Å². The maximum atomic E-state index is 12.3. The summed E-state index contributed by atoms with van der Waals surface area (Å²) in [6.45, 7) is 1.93. The monoisotopic (exact) mass is 232 g/mol. The van der Waals surface area contributed by atoms with Crippen molar-refractivity contribution in [1.29, 1.82) is 0 Å². The normalized spacial score (nSPS) is 23.6. The minimum atomic E-state index is -0.839. The quantitative estimate of drug-likeness (QED) is 0.815. The van der Waals surface area contributed by atoms with Gasteiger partial charge < -0.3 is 5.11 Å². The van der Waals surface area contributed by atoms with Gasteiger partial charge in [-0.15, -0.1) is 0 Å². The van der Waals surface area contributed by atoms with E-state index in [0.717, 1.165) is 12.0 Å². The van der Waals surface area contributed by atoms with Crippen molar-refractivity contribution in [2.75, 3.05) is 0 Å². The van der Waals surface area contributed by atoms with Gasteiger partial charge in [0.25, 0.3) is 0 Å². The van der Waals surface area contributed by atoms with Crippen LogP contribution in [0.25, 0.3) is 0 Å². The molecule has 0 bridgehead atoms. The van der Waals surface area contributed by atoms with E-state index >= 15 is 0 Å². The fraction of sp³-hybridized carbons (Fsp3) is 0.429. The smallest absolute Gasteiger partial charge is 0.307 e. The topological polar surface area (TPSA) is 54.4 Å². The lowest BCUT2D eigenvalue weighted by molar-refractivity contribution is -0.142. The first-order valence-corrected chi connectivity index (χ1v) is 5.93. The maximum Gasteiger partial charge on any atom is 0.307 e. The molecular formula is C14H16O3. The molecular weight excluding hydrogens is 216 g/mol. The molecule has 90 valence electrons. The fourth-order valence-corrected chi connectivity index (χ4v) is 2.58. The van der Waals surface area contributed by atoms with Gasteiger partial charge in [0.1, 0.15) is 0 Å². The van der Waals surface area contributed by atoms with Crippen molar-refractivity contribution < 1.29 is 14.7 Å². The number of benzene rings is 1. The van der Waals surface area contributed by atoms with Crippen LogP contribution in [-0.4, -0.2) is 16.9 Å². The van der Waals surface area contributed by atoms with Crippen LogP contribution in [0.1, 0.15) is 35.2 Å². The lowest BCUT2D eigenvalue weighted by Gasteiger charge is -2.14. The average molecular weight is 232 g/mol. The molecule has 3 nitrogen and oxygen atoms in total. The van der Waals surface area contributed by atoms with E-state index in [1.54, 1.807) is 6.07 Å². The van der Waals surface area contributed by atoms with E-state index in [-0.39, 0.29) is 11.7 Å². The van der Waals surface area contributed by atoms with Gasteiger partial charge in [-0.25, -0.2) is 0 Å². The van der Waals surface area contributed by atoms with E-state index in [9.17, 15) is 9.59 Å². The van der Waals surface area contributed by atoms with E-state index in [2.05, 4.69) is 0 Å². The van der Waals surface area contributed by atoms with Crippen molar-refractivity contribution >= 4 is 11.8 Å². The van der Waals surface area contributed by atoms with Gasteiger partial charge in [-0.1, -0.05) is 30.2 Å². The maximum absolute atomic E-state index is 12.3. The summed E-state index contributed by atoms with van der Waals surface area (Å²) in [5, 5.41) is 9.08. The molecule has 2 unspecified atom stereocenters. The Balaban J connectivity index is 2.23. The first-order chi connectivity index (χ1) is 8.09. The number of Topliss-reactive ketones (excluding diaryl/α,β-unsaturated/α-hetero) is 1. The number of carboxylic acids is 1. The Morgan fingerprint density at radius 2 is 1.94 bits per heavy atom. The zero-order chi connectivity index (χ0) is 12.4. The van der Waals surface area contributed by atoms with Crippen LogP contribution in [0.15, 0.2) is 24.3 Å². The van der Waals surface area contributed by atoms with Gasteiger partial charge in [-0.2, -0.15) is 0 Å². The molecule has 1 aromatic carbocycles. The predicted octanol–water partition coefficient (Wildman–Crippen LogP) is 2.68. The third-order valence-corrected chi connectivity index (χ3v) is 3.47. The number of aliphatic carboxylic acids is 1. The molecule has 0 amide bonds. The van der Waals surface area contributed by atoms with Crippen LogP contribution in [-0.2, 0) is 4.79 Å². The highest BCUT2D eigenvalue weighted by Gasteiger charge is 2.37. The molecule has 0 heterocycles. The molecule has 0 spiro atoms. The molecule has 0 aromatic heterocycles. The Bertz CT molecular complexity index is 451. The second-order valence-corrected chi connectivity index (χ2v) is 4.72. The van der Waals surface area contributed by atoms with E-state index in [4.69, 9.17) is 5.11 Å². The molecule has 0 radical (unpaired) electrons. The molecule has 1 fully saturated rings. The Kier molecular flexibility index (Phi) is 3.27. The second-order valence-electron chi connectivity index (χ2n) is 4.72. The predicted molar refractivity (Wildman–Crippen MR) is 64.0 cm³/mol. The number of carbonyl (C=O) groups excluding carboxylic acids is 1. The minimum Gasteiger partial charge on any atom is -0.481 e. The van der Waals surface area contributed by atoms with Gasteiger partial charge >= 0.3 is 5.97 Å². The third-order valence-electron chi connectivity index (χ3n) is 3.47. The number of ketones is 1. The van der Waals surface area contributed by atoms with Crippen LogP contribution in [0.2, 0.25) is 0 Å². The van der Waals surface area contributed by atoms with Gasteiger partial charge in [0.15, 0.2) is 5.78 Å². The minimum absolute atomic E-state index is 0.0152. The molecule has 1 aliphatic carbocycles. The second kappa shape index (κ2) is 4.70. The van der Waals surface area contributed by atoms with Crippen LogP contribution in [0.3, 0.4) is 0 Å². The number of aryl methyl sites for hydroxylation is 1. The zero-order valence-electron chi connectivity index (χ0n) is 9.85. The Labute approximate surface area is 100 Å². The number of rotatable bonds is 3. The first-order valence-electron chi connectivity index (χ1n) is 5.93. The van der Waals surface area contributed by atoms with Crippen LogP contribution in [0.5, 0.6) is 0 Å². The van der Waals surface area contributed by atoms with Gasteiger partial charge in [-0.3, -0.25) is 9.59 Å². The standard InChI is InChI=1S/C14H16O3/c1-9-4-2-5-10(8-9)13(15)11-6-3-7-12(11)14(16)17/h2,4-5,8,11-12H,3,6-7H2,1H3,(H,16,17). The lowest BCUT2D eigenvalue weighted by Crippen LogP contribution is -2.25. The van der Waals surface area contributed by atoms with Crippen LogP contribution < -0.4 is 0 Å². The summed E-state index contributed by atoms with van der Waals surface area (Å²) in [6.07, 6.45) is 2.15. The Morgan fingerprint density at radius 3 is 2.59 bits per heavy atom. The van der Waals surface area contributed by atoms with E-state index in [1.165, 1.54) is 0 Å². The van der Waals surface area contributed by atoms with Crippen molar-refractivity contribution in [3.8, 4) is 0 Å². The number of carbonyl (C=O) groups is 2. The molecule has 2 rings (SSSR count). The zero-order valence-corrected chi connectivity index (χ0v) is 9.85. The average Bonchev–Trinajstić information content (AvgIpc) is 2.77. The van der Waals surface area contributed by atoms with Crippen molar-refractivity contribution in [3.05, 3.63) is 35.4 Å². The third kappa shape index (κ3) is 2.38. The molecule has 2 atom stereocenters. The van der Waals surface area contributed by atoms with Crippen LogP contribution in [0, 0.1) is 18.8 Å². The highest BCUT2D eigenvalue weighted by atomic mass is 16.4. The molecule has 1 N–H and O–H groups in total. The van der Waals surface area contributed by atoms with Gasteiger partial charge in [0.2, 0.25) is 0 Å². The Morgan fingerprint density at radius 1 is 1.24 bits per heavy atom. The summed E-state index contributed by atoms with van der Waals surface area (Å²) in [5.41, 5.74) is 1.67. The fourth-order valence-electron chi connectivity index (χ4n) is 2.58. The van der Waals surface area contributed by atoms with Crippen LogP contribution >= 0.6 is 0 Å². The summed E-state index contributed by atoms with van der Waals surface area (Å²) in [4.78, 5) is 23.3. The summed E-state index contributed by atoms with van der Waals surface area (Å²) in [6, 6.07) is 7.37. The van der Waals surface area contributed by atoms with E-state index < -0.39 is 11.9 Å². The van der Waals surface area contributed by atoms with Gasteiger partial charge in [0.05, 0.1) is 5.92 Å². The highest BCUT2D eigenvalue weighted by Crippen LogP contribution is 2.34. The van der Waals surface area contributed by atoms with Gasteiger partial charge in [0, 0.05) is 11.5 Å². The molecule has 17 heavy (non-hydrogen) atoms. The molecule has 1 aromatic rings.